The lowest BCUT2D eigenvalue weighted by Crippen LogP contribution is -2.30. The Kier molecular flexibility index (Phi) is 3.69. The van der Waals surface area contributed by atoms with Crippen molar-refractivity contribution < 1.29 is 0 Å². The average Bonchev–Trinajstić information content (AvgIpc) is 3.34. The van der Waals surface area contributed by atoms with Crippen LogP contribution in [0.1, 0.15) is 35.0 Å². The standard InChI is InChI=1S/C28H22N2/c1-2-20-12-11-19-25-26(20)28(21-13-5-3-6-14-21,22-15-7-4-8-16-22)27-29-23-17-9-10-18-24(23)30(25)27/h3-19H,2H2,1H3. The summed E-state index contributed by atoms with van der Waals surface area (Å²) < 4.78 is 2.38. The molecule has 0 saturated heterocycles. The number of aryl methyl sites for hydroxylation is 1. The van der Waals surface area contributed by atoms with Gasteiger partial charge in [0.2, 0.25) is 0 Å². The largest absolute Gasteiger partial charge is 0.295 e. The zero-order valence-electron chi connectivity index (χ0n) is 16.9. The predicted molar refractivity (Wildman–Crippen MR) is 122 cm³/mol. The van der Waals surface area contributed by atoms with Crippen LogP contribution in [-0.2, 0) is 11.8 Å². The smallest absolute Gasteiger partial charge is 0.134 e. The van der Waals surface area contributed by atoms with E-state index in [0.717, 1.165) is 23.3 Å². The average molecular weight is 386 g/mol. The molecule has 2 nitrogen and oxygen atoms in total. The zero-order valence-corrected chi connectivity index (χ0v) is 16.9. The van der Waals surface area contributed by atoms with Crippen LogP contribution in [0.3, 0.4) is 0 Å². The quantitative estimate of drug-likeness (QED) is 0.350. The zero-order chi connectivity index (χ0) is 20.1. The summed E-state index contributed by atoms with van der Waals surface area (Å²) in [5, 5.41) is 0. The topological polar surface area (TPSA) is 17.8 Å². The van der Waals surface area contributed by atoms with E-state index in [0.29, 0.717) is 0 Å². The molecule has 0 amide bonds. The summed E-state index contributed by atoms with van der Waals surface area (Å²) in [6, 6.07) is 36.9. The van der Waals surface area contributed by atoms with Crippen molar-refractivity contribution >= 4 is 11.0 Å². The first-order valence-electron chi connectivity index (χ1n) is 10.6. The second-order valence-corrected chi connectivity index (χ2v) is 7.91. The Balaban J connectivity index is 1.87. The molecule has 0 radical (unpaired) electrons. The lowest BCUT2D eigenvalue weighted by molar-refractivity contribution is 0.710. The van der Waals surface area contributed by atoms with Crippen LogP contribution in [0.2, 0.25) is 0 Å². The van der Waals surface area contributed by atoms with Gasteiger partial charge in [-0.2, -0.15) is 0 Å². The summed E-state index contributed by atoms with van der Waals surface area (Å²) in [4.78, 5) is 5.25. The van der Waals surface area contributed by atoms with Crippen molar-refractivity contribution in [2.24, 2.45) is 0 Å². The van der Waals surface area contributed by atoms with Gasteiger partial charge in [-0.1, -0.05) is 91.9 Å². The number of fused-ring (bicyclic) bond motifs is 5. The minimum atomic E-state index is -0.441. The number of nitrogens with zero attached hydrogens (tertiary/aromatic N) is 2. The van der Waals surface area contributed by atoms with Gasteiger partial charge in [0.25, 0.3) is 0 Å². The number of para-hydroxylation sites is 2. The van der Waals surface area contributed by atoms with Crippen LogP contribution in [0.5, 0.6) is 0 Å². The van der Waals surface area contributed by atoms with Crippen LogP contribution >= 0.6 is 0 Å². The van der Waals surface area contributed by atoms with Crippen LogP contribution in [0.15, 0.2) is 103 Å². The molecule has 4 aromatic carbocycles. The molecule has 0 saturated carbocycles. The van der Waals surface area contributed by atoms with Crippen molar-refractivity contribution in [2.75, 3.05) is 0 Å². The number of hydrogen-bond acceptors (Lipinski definition) is 1. The van der Waals surface area contributed by atoms with Crippen LogP contribution in [0.4, 0.5) is 0 Å². The number of aromatic nitrogens is 2. The second-order valence-electron chi connectivity index (χ2n) is 7.91. The third-order valence-electron chi connectivity index (χ3n) is 6.44. The highest BCUT2D eigenvalue weighted by molar-refractivity contribution is 5.84. The highest BCUT2D eigenvalue weighted by Gasteiger charge is 2.50. The molecular weight excluding hydrogens is 364 g/mol. The monoisotopic (exact) mass is 386 g/mol. The van der Waals surface area contributed by atoms with Gasteiger partial charge in [0, 0.05) is 5.56 Å². The van der Waals surface area contributed by atoms with E-state index in [1.165, 1.54) is 27.9 Å². The molecule has 30 heavy (non-hydrogen) atoms. The van der Waals surface area contributed by atoms with Crippen molar-refractivity contribution in [1.29, 1.82) is 0 Å². The Morgan fingerprint density at radius 2 is 1.33 bits per heavy atom. The van der Waals surface area contributed by atoms with Crippen LogP contribution in [-0.4, -0.2) is 9.55 Å². The summed E-state index contributed by atoms with van der Waals surface area (Å²) in [5.41, 5.74) is 8.24. The Labute approximate surface area is 176 Å². The van der Waals surface area contributed by atoms with Gasteiger partial charge in [-0.3, -0.25) is 4.57 Å². The molecule has 2 heterocycles. The van der Waals surface area contributed by atoms with Crippen LogP contribution in [0, 0.1) is 0 Å². The number of rotatable bonds is 3. The minimum Gasteiger partial charge on any atom is -0.295 e. The third kappa shape index (κ3) is 2.11. The number of imidazole rings is 1. The van der Waals surface area contributed by atoms with Crippen LogP contribution < -0.4 is 0 Å². The third-order valence-corrected chi connectivity index (χ3v) is 6.44. The lowest BCUT2D eigenvalue weighted by Gasteiger charge is -2.32. The van der Waals surface area contributed by atoms with Gasteiger partial charge in [-0.25, -0.2) is 4.98 Å². The van der Waals surface area contributed by atoms with Gasteiger partial charge in [0.15, 0.2) is 0 Å². The van der Waals surface area contributed by atoms with E-state index >= 15 is 0 Å². The van der Waals surface area contributed by atoms with Gasteiger partial charge in [-0.15, -0.1) is 0 Å². The Morgan fingerprint density at radius 3 is 2.00 bits per heavy atom. The minimum absolute atomic E-state index is 0.441. The van der Waals surface area contributed by atoms with E-state index in [-0.39, 0.29) is 0 Å². The van der Waals surface area contributed by atoms with Crippen molar-refractivity contribution in [1.82, 2.24) is 9.55 Å². The van der Waals surface area contributed by atoms with Crippen molar-refractivity contribution in [3.8, 4) is 5.69 Å². The normalized spacial score (nSPS) is 13.9. The molecule has 2 heteroatoms. The molecular formula is C28H22N2. The predicted octanol–water partition coefficient (Wildman–Crippen LogP) is 6.28. The molecule has 1 aliphatic rings. The van der Waals surface area contributed by atoms with Crippen molar-refractivity contribution in [3.05, 3.63) is 131 Å². The summed E-state index contributed by atoms with van der Waals surface area (Å²) in [7, 11) is 0. The fourth-order valence-electron chi connectivity index (χ4n) is 5.22. The molecule has 0 aliphatic carbocycles. The van der Waals surface area contributed by atoms with Crippen molar-refractivity contribution in [3.63, 3.8) is 0 Å². The Morgan fingerprint density at radius 1 is 0.700 bits per heavy atom. The Bertz CT molecular complexity index is 1320. The molecule has 0 atom stereocenters. The van der Waals surface area contributed by atoms with Gasteiger partial charge < -0.3 is 0 Å². The first-order chi connectivity index (χ1) is 14.9. The van der Waals surface area contributed by atoms with E-state index in [9.17, 15) is 0 Å². The van der Waals surface area contributed by atoms with E-state index in [1.54, 1.807) is 0 Å². The fraction of sp³-hybridized carbons (Fsp3) is 0.107. The molecule has 0 spiro atoms. The molecule has 0 N–H and O–H groups in total. The lowest BCUT2D eigenvalue weighted by atomic mass is 9.68. The van der Waals surface area contributed by atoms with E-state index in [4.69, 9.17) is 4.98 Å². The van der Waals surface area contributed by atoms with Gasteiger partial charge >= 0.3 is 0 Å². The first-order valence-corrected chi connectivity index (χ1v) is 10.6. The molecule has 0 fully saturated rings. The highest BCUT2D eigenvalue weighted by Crippen LogP contribution is 2.53. The summed E-state index contributed by atoms with van der Waals surface area (Å²) in [6.07, 6.45) is 0.980. The molecule has 1 aliphatic heterocycles. The fourth-order valence-corrected chi connectivity index (χ4v) is 5.22. The maximum Gasteiger partial charge on any atom is 0.134 e. The van der Waals surface area contributed by atoms with Gasteiger partial charge in [0.05, 0.1) is 16.7 Å². The molecule has 6 rings (SSSR count). The Hall–Kier alpha value is -3.65. The van der Waals surface area contributed by atoms with Gasteiger partial charge in [0.1, 0.15) is 11.2 Å². The molecule has 5 aromatic rings. The molecule has 0 unspecified atom stereocenters. The van der Waals surface area contributed by atoms with E-state index in [1.807, 2.05) is 0 Å². The molecule has 144 valence electrons. The van der Waals surface area contributed by atoms with Crippen molar-refractivity contribution in [2.45, 2.75) is 18.8 Å². The molecule has 0 bridgehead atoms. The van der Waals surface area contributed by atoms with E-state index in [2.05, 4.69) is 115 Å². The number of hydrogen-bond donors (Lipinski definition) is 0. The second kappa shape index (κ2) is 6.43. The summed E-state index contributed by atoms with van der Waals surface area (Å²) in [5.74, 6) is 1.08. The maximum absolute atomic E-state index is 5.25. The molecule has 1 aromatic heterocycles. The summed E-state index contributed by atoms with van der Waals surface area (Å²) >= 11 is 0. The highest BCUT2D eigenvalue weighted by atomic mass is 15.1. The SMILES string of the molecule is CCc1cccc2c1C(c1ccccc1)(c1ccccc1)c1nc3ccccc3n1-2. The first kappa shape index (κ1) is 17.2. The number of benzene rings is 4. The maximum atomic E-state index is 5.25. The summed E-state index contributed by atoms with van der Waals surface area (Å²) in [6.45, 7) is 2.25. The van der Waals surface area contributed by atoms with Gasteiger partial charge in [-0.05, 0) is 41.3 Å². The van der Waals surface area contributed by atoms with Crippen LogP contribution in [0.25, 0.3) is 16.7 Å². The van der Waals surface area contributed by atoms with E-state index < -0.39 is 5.41 Å².